The van der Waals surface area contributed by atoms with Gasteiger partial charge < -0.3 is 35.5 Å². The molecule has 0 N–H and O–H groups in total. The first-order chi connectivity index (χ1) is 10.9. The van der Waals surface area contributed by atoms with E-state index in [0.717, 1.165) is 11.0 Å². The average Bonchev–Trinajstić information content (AvgIpc) is 2.82. The van der Waals surface area contributed by atoms with Crippen LogP contribution in [-0.4, -0.2) is 93.3 Å². The number of hydrogen-bond acceptors (Lipinski definition) is 4. The number of quaternary nitrogens is 1. The molecule has 152 valence electrons. The van der Waals surface area contributed by atoms with E-state index in [1.165, 1.54) is 0 Å². The highest BCUT2D eigenvalue weighted by molar-refractivity contribution is 7.53. The van der Waals surface area contributed by atoms with Crippen molar-refractivity contribution < 1.29 is 40.0 Å². The van der Waals surface area contributed by atoms with E-state index in [2.05, 4.69) is 21.1 Å². The number of rotatable bonds is 10. The Hall–Kier alpha value is 0.470. The summed E-state index contributed by atoms with van der Waals surface area (Å²) in [7, 11) is 5.18. The standard InChI is InChI=1S/C16H37N3O4P.BrH/c1-9-18(10-2)24(20,17(5)11-12-19(6,7)8)22-14-15-13-21-16(3,4)23-15;/h15H,9-14H2,1-8H3;1H/q+1;/p-1. The Balaban J connectivity index is 0.00000576. The average molecular weight is 446 g/mol. The van der Waals surface area contributed by atoms with Gasteiger partial charge in [0.1, 0.15) is 6.10 Å². The van der Waals surface area contributed by atoms with E-state index in [-0.39, 0.29) is 29.7 Å². The maximum Gasteiger partial charge on any atom is 0.346 e. The van der Waals surface area contributed by atoms with Crippen molar-refractivity contribution in [2.24, 2.45) is 0 Å². The van der Waals surface area contributed by atoms with Crippen LogP contribution in [0.25, 0.3) is 0 Å². The van der Waals surface area contributed by atoms with E-state index in [0.29, 0.717) is 26.2 Å². The van der Waals surface area contributed by atoms with Gasteiger partial charge in [-0.2, -0.15) is 0 Å². The predicted octanol–water partition coefficient (Wildman–Crippen LogP) is -0.754. The third-order valence-electron chi connectivity index (χ3n) is 4.11. The molecular formula is C16H37BrN3O4P. The van der Waals surface area contributed by atoms with Gasteiger partial charge in [0, 0.05) is 13.1 Å². The molecule has 1 heterocycles. The molecule has 0 saturated carbocycles. The van der Waals surface area contributed by atoms with E-state index < -0.39 is 13.5 Å². The van der Waals surface area contributed by atoms with Crippen molar-refractivity contribution >= 4 is 7.67 Å². The molecule has 0 aromatic carbocycles. The number of hydrogen-bond donors (Lipinski definition) is 0. The van der Waals surface area contributed by atoms with Crippen LogP contribution in [0.5, 0.6) is 0 Å². The van der Waals surface area contributed by atoms with Gasteiger partial charge in [0.05, 0.1) is 47.4 Å². The topological polar surface area (TPSA) is 51.2 Å². The minimum Gasteiger partial charge on any atom is -1.00 e. The molecule has 7 nitrogen and oxygen atoms in total. The van der Waals surface area contributed by atoms with Gasteiger partial charge >= 0.3 is 7.67 Å². The fourth-order valence-electron chi connectivity index (χ4n) is 2.57. The maximum absolute atomic E-state index is 13.6. The molecule has 0 aromatic heterocycles. The summed E-state index contributed by atoms with van der Waals surface area (Å²) in [6, 6.07) is 0. The van der Waals surface area contributed by atoms with Crippen LogP contribution in [0, 0.1) is 0 Å². The Morgan fingerprint density at radius 1 is 1.24 bits per heavy atom. The first-order valence-electron chi connectivity index (χ1n) is 8.77. The Morgan fingerprint density at radius 2 is 1.80 bits per heavy atom. The molecule has 0 amide bonds. The second kappa shape index (κ2) is 10.1. The van der Waals surface area contributed by atoms with Crippen molar-refractivity contribution in [2.45, 2.75) is 39.6 Å². The molecule has 0 bridgehead atoms. The van der Waals surface area contributed by atoms with Gasteiger partial charge in [0.25, 0.3) is 0 Å². The van der Waals surface area contributed by atoms with Gasteiger partial charge in [-0.25, -0.2) is 9.34 Å². The molecule has 2 unspecified atom stereocenters. The number of halogens is 1. The number of likely N-dealkylation sites (N-methyl/N-ethyl adjacent to an activating group) is 2. The lowest BCUT2D eigenvalue weighted by Crippen LogP contribution is -3.00. The number of ether oxygens (including phenoxy) is 2. The largest absolute Gasteiger partial charge is 1.00 e. The van der Waals surface area contributed by atoms with E-state index in [9.17, 15) is 4.57 Å². The van der Waals surface area contributed by atoms with Crippen LogP contribution < -0.4 is 17.0 Å². The molecule has 9 heteroatoms. The Morgan fingerprint density at radius 3 is 2.20 bits per heavy atom. The first kappa shape index (κ1) is 25.5. The lowest BCUT2D eigenvalue weighted by Gasteiger charge is -2.37. The van der Waals surface area contributed by atoms with Crippen molar-refractivity contribution in [3.05, 3.63) is 0 Å². The van der Waals surface area contributed by atoms with E-state index in [1.54, 1.807) is 0 Å². The van der Waals surface area contributed by atoms with Crippen LogP contribution in [0.15, 0.2) is 0 Å². The summed E-state index contributed by atoms with van der Waals surface area (Å²) in [6.07, 6.45) is -0.185. The van der Waals surface area contributed by atoms with Crippen LogP contribution in [0.1, 0.15) is 27.7 Å². The second-order valence-electron chi connectivity index (χ2n) is 7.77. The zero-order chi connectivity index (χ0) is 18.6. The van der Waals surface area contributed by atoms with E-state index in [4.69, 9.17) is 14.0 Å². The van der Waals surface area contributed by atoms with Gasteiger partial charge in [-0.3, -0.25) is 4.57 Å². The van der Waals surface area contributed by atoms with Gasteiger partial charge in [0.2, 0.25) is 0 Å². The van der Waals surface area contributed by atoms with E-state index in [1.807, 2.05) is 44.1 Å². The zero-order valence-corrected chi connectivity index (χ0v) is 19.6. The molecule has 1 aliphatic rings. The zero-order valence-electron chi connectivity index (χ0n) is 17.1. The molecule has 1 fully saturated rings. The molecule has 25 heavy (non-hydrogen) atoms. The lowest BCUT2D eigenvalue weighted by atomic mass is 10.4. The molecule has 0 aromatic rings. The minimum atomic E-state index is -3.08. The van der Waals surface area contributed by atoms with Crippen LogP contribution in [0.4, 0.5) is 0 Å². The summed E-state index contributed by atoms with van der Waals surface area (Å²) in [5, 5.41) is 0. The highest BCUT2D eigenvalue weighted by Gasteiger charge is 2.39. The smallest absolute Gasteiger partial charge is 0.346 e. The molecule has 2 atom stereocenters. The summed E-state index contributed by atoms with van der Waals surface area (Å²) >= 11 is 0. The summed E-state index contributed by atoms with van der Waals surface area (Å²) in [4.78, 5) is 0. The summed E-state index contributed by atoms with van der Waals surface area (Å²) in [5.41, 5.74) is 0. The number of nitrogens with zero attached hydrogens (tertiary/aromatic N) is 3. The monoisotopic (exact) mass is 445 g/mol. The molecular weight excluding hydrogens is 409 g/mol. The van der Waals surface area contributed by atoms with Crippen LogP contribution in [0.2, 0.25) is 0 Å². The van der Waals surface area contributed by atoms with Crippen molar-refractivity contribution in [3.8, 4) is 0 Å². The van der Waals surface area contributed by atoms with Crippen molar-refractivity contribution in [3.63, 3.8) is 0 Å². The fraction of sp³-hybridized carbons (Fsp3) is 1.00. The van der Waals surface area contributed by atoms with Gasteiger partial charge in [-0.05, 0) is 20.9 Å². The second-order valence-corrected chi connectivity index (χ2v) is 10.3. The molecule has 1 saturated heterocycles. The van der Waals surface area contributed by atoms with E-state index >= 15 is 0 Å². The van der Waals surface area contributed by atoms with Gasteiger partial charge in [-0.15, -0.1) is 0 Å². The van der Waals surface area contributed by atoms with Crippen LogP contribution in [-0.2, 0) is 18.6 Å². The van der Waals surface area contributed by atoms with Crippen molar-refractivity contribution in [1.82, 2.24) is 9.34 Å². The Labute approximate surface area is 164 Å². The Bertz CT molecular complexity index is 442. The van der Waals surface area contributed by atoms with Crippen molar-refractivity contribution in [2.75, 3.05) is 67.6 Å². The molecule has 0 aliphatic carbocycles. The molecule has 0 radical (unpaired) electrons. The fourth-order valence-corrected chi connectivity index (χ4v) is 4.78. The van der Waals surface area contributed by atoms with Crippen molar-refractivity contribution in [1.29, 1.82) is 0 Å². The lowest BCUT2D eigenvalue weighted by molar-refractivity contribution is -0.869. The SMILES string of the molecule is CCN(CC)P(=O)(OCC1COC(C)(C)O1)N(C)CC[N+](C)(C)C.[Br-]. The first-order valence-corrected chi connectivity index (χ1v) is 10.3. The van der Waals surface area contributed by atoms with Gasteiger partial charge in [-0.1, -0.05) is 13.8 Å². The molecule has 1 rings (SSSR count). The maximum atomic E-state index is 13.6. The third-order valence-corrected chi connectivity index (χ3v) is 6.94. The van der Waals surface area contributed by atoms with Crippen LogP contribution in [0.3, 0.4) is 0 Å². The van der Waals surface area contributed by atoms with Crippen LogP contribution >= 0.6 is 7.67 Å². The summed E-state index contributed by atoms with van der Waals surface area (Å²) in [5.74, 6) is -0.594. The molecule has 1 aliphatic heterocycles. The summed E-state index contributed by atoms with van der Waals surface area (Å²) < 4.78 is 35.5. The highest BCUT2D eigenvalue weighted by Crippen LogP contribution is 2.53. The third kappa shape index (κ3) is 7.93. The quantitative estimate of drug-likeness (QED) is 0.325. The highest BCUT2D eigenvalue weighted by atomic mass is 79.9. The predicted molar refractivity (Wildman–Crippen MR) is 96.9 cm³/mol. The summed E-state index contributed by atoms with van der Waals surface area (Å²) in [6.45, 7) is 11.4. The Kier molecular flexibility index (Phi) is 10.3. The normalized spacial score (nSPS) is 22.9. The molecule has 0 spiro atoms. The van der Waals surface area contributed by atoms with Gasteiger partial charge in [0.15, 0.2) is 5.79 Å². The minimum absolute atomic E-state index is 0.